The van der Waals surface area contributed by atoms with Crippen LogP contribution in [-0.2, 0) is 6.42 Å². The molecular weight excluding hydrogens is 332 g/mol. The average molecular weight is 356 g/mol. The van der Waals surface area contributed by atoms with E-state index in [9.17, 15) is 9.90 Å². The van der Waals surface area contributed by atoms with Gasteiger partial charge in [0.05, 0.1) is 13.7 Å². The van der Waals surface area contributed by atoms with Crippen molar-refractivity contribution in [3.05, 3.63) is 48.2 Å². The number of rotatable bonds is 5. The third kappa shape index (κ3) is 4.29. The molecule has 2 amide bonds. The summed E-state index contributed by atoms with van der Waals surface area (Å²) in [5.74, 6) is 0.394. The lowest BCUT2D eigenvalue weighted by molar-refractivity contribution is 0.0500. The zero-order valence-corrected chi connectivity index (χ0v) is 14.9. The van der Waals surface area contributed by atoms with Gasteiger partial charge in [0, 0.05) is 24.7 Å². The Morgan fingerprint density at radius 3 is 2.88 bits per heavy atom. The molecule has 1 saturated heterocycles. The molecule has 1 atom stereocenters. The SMILES string of the molecule is COc1nccc(NC(=O)N2CCCC(CO)(Cc3ccccc3)C2)n1. The van der Waals surface area contributed by atoms with Crippen LogP contribution in [0, 0.1) is 5.41 Å². The molecule has 1 aliphatic rings. The number of anilines is 1. The van der Waals surface area contributed by atoms with Crippen molar-refractivity contribution in [1.29, 1.82) is 0 Å². The van der Waals surface area contributed by atoms with Crippen LogP contribution in [0.4, 0.5) is 10.6 Å². The number of hydrogen-bond acceptors (Lipinski definition) is 5. The van der Waals surface area contributed by atoms with E-state index in [1.54, 1.807) is 11.0 Å². The van der Waals surface area contributed by atoms with Crippen molar-refractivity contribution in [3.63, 3.8) is 0 Å². The number of amides is 2. The molecule has 1 unspecified atom stereocenters. The molecule has 0 saturated carbocycles. The number of aliphatic hydroxyl groups is 1. The van der Waals surface area contributed by atoms with E-state index < -0.39 is 0 Å². The Morgan fingerprint density at radius 1 is 1.35 bits per heavy atom. The van der Waals surface area contributed by atoms with Crippen LogP contribution in [0.5, 0.6) is 6.01 Å². The van der Waals surface area contributed by atoms with E-state index >= 15 is 0 Å². The van der Waals surface area contributed by atoms with E-state index in [1.807, 2.05) is 18.2 Å². The summed E-state index contributed by atoms with van der Waals surface area (Å²) in [5, 5.41) is 12.9. The zero-order chi connectivity index (χ0) is 18.4. The number of carbonyl (C=O) groups excluding carboxylic acids is 1. The fourth-order valence-electron chi connectivity index (χ4n) is 3.44. The summed E-state index contributed by atoms with van der Waals surface area (Å²) < 4.78 is 4.98. The predicted molar refractivity (Wildman–Crippen MR) is 98.1 cm³/mol. The Labute approximate surface area is 153 Å². The van der Waals surface area contributed by atoms with Gasteiger partial charge < -0.3 is 14.7 Å². The van der Waals surface area contributed by atoms with Crippen molar-refractivity contribution in [2.45, 2.75) is 19.3 Å². The van der Waals surface area contributed by atoms with Crippen LogP contribution in [0.1, 0.15) is 18.4 Å². The van der Waals surface area contributed by atoms with Crippen molar-refractivity contribution >= 4 is 11.8 Å². The summed E-state index contributed by atoms with van der Waals surface area (Å²) in [6.45, 7) is 1.21. The quantitative estimate of drug-likeness (QED) is 0.858. The monoisotopic (exact) mass is 356 g/mol. The molecule has 2 heterocycles. The maximum Gasteiger partial charge on any atom is 0.323 e. The van der Waals surface area contributed by atoms with Crippen LogP contribution in [0.3, 0.4) is 0 Å². The summed E-state index contributed by atoms with van der Waals surface area (Å²) in [6.07, 6.45) is 4.03. The van der Waals surface area contributed by atoms with Crippen LogP contribution in [0.2, 0.25) is 0 Å². The maximum atomic E-state index is 12.7. The van der Waals surface area contributed by atoms with Gasteiger partial charge in [-0.05, 0) is 30.9 Å². The van der Waals surface area contributed by atoms with Gasteiger partial charge in [-0.2, -0.15) is 4.98 Å². The third-order valence-electron chi connectivity index (χ3n) is 4.76. The summed E-state index contributed by atoms with van der Waals surface area (Å²) in [6, 6.07) is 11.7. The number of methoxy groups -OCH3 is 1. The first-order chi connectivity index (χ1) is 12.6. The van der Waals surface area contributed by atoms with Crippen molar-refractivity contribution in [3.8, 4) is 6.01 Å². The van der Waals surface area contributed by atoms with Gasteiger partial charge in [0.1, 0.15) is 5.82 Å². The van der Waals surface area contributed by atoms with Crippen LogP contribution < -0.4 is 10.1 Å². The largest absolute Gasteiger partial charge is 0.467 e. The fourth-order valence-corrected chi connectivity index (χ4v) is 3.44. The zero-order valence-electron chi connectivity index (χ0n) is 14.9. The van der Waals surface area contributed by atoms with E-state index in [4.69, 9.17) is 4.74 Å². The average Bonchev–Trinajstić information content (AvgIpc) is 2.69. The van der Waals surface area contributed by atoms with E-state index in [1.165, 1.54) is 18.9 Å². The summed E-state index contributed by atoms with van der Waals surface area (Å²) in [4.78, 5) is 22.4. The minimum Gasteiger partial charge on any atom is -0.467 e. The molecule has 7 heteroatoms. The molecule has 0 radical (unpaired) electrons. The number of ether oxygens (including phenoxy) is 1. The number of piperidine rings is 1. The molecular formula is C19H24N4O3. The van der Waals surface area contributed by atoms with E-state index in [-0.39, 0.29) is 24.1 Å². The number of hydrogen-bond donors (Lipinski definition) is 2. The molecule has 0 spiro atoms. The summed E-state index contributed by atoms with van der Waals surface area (Å²) in [7, 11) is 1.48. The number of benzene rings is 1. The second-order valence-electron chi connectivity index (χ2n) is 6.70. The van der Waals surface area contributed by atoms with Crippen LogP contribution in [0.25, 0.3) is 0 Å². The van der Waals surface area contributed by atoms with Gasteiger partial charge in [-0.1, -0.05) is 30.3 Å². The van der Waals surface area contributed by atoms with Gasteiger partial charge in [0.15, 0.2) is 0 Å². The van der Waals surface area contributed by atoms with Crippen molar-refractivity contribution in [1.82, 2.24) is 14.9 Å². The molecule has 1 aromatic carbocycles. The Bertz CT molecular complexity index is 741. The highest BCUT2D eigenvalue weighted by Crippen LogP contribution is 2.33. The van der Waals surface area contributed by atoms with Crippen molar-refractivity contribution in [2.24, 2.45) is 5.41 Å². The number of nitrogens with zero attached hydrogens (tertiary/aromatic N) is 3. The molecule has 1 fully saturated rings. The number of aromatic nitrogens is 2. The second-order valence-corrected chi connectivity index (χ2v) is 6.70. The highest BCUT2D eigenvalue weighted by molar-refractivity contribution is 5.88. The van der Waals surface area contributed by atoms with Crippen LogP contribution >= 0.6 is 0 Å². The van der Waals surface area contributed by atoms with Crippen molar-refractivity contribution < 1.29 is 14.6 Å². The van der Waals surface area contributed by atoms with Gasteiger partial charge >= 0.3 is 12.0 Å². The number of nitrogens with one attached hydrogen (secondary N) is 1. The Hall–Kier alpha value is -2.67. The first-order valence-corrected chi connectivity index (χ1v) is 8.72. The maximum absolute atomic E-state index is 12.7. The smallest absolute Gasteiger partial charge is 0.323 e. The van der Waals surface area contributed by atoms with Gasteiger partial charge in [-0.3, -0.25) is 5.32 Å². The number of carbonyl (C=O) groups is 1. The predicted octanol–water partition coefficient (Wildman–Crippen LogP) is 2.33. The third-order valence-corrected chi connectivity index (χ3v) is 4.76. The van der Waals surface area contributed by atoms with E-state index in [2.05, 4.69) is 27.4 Å². The number of aliphatic hydroxyl groups excluding tert-OH is 1. The highest BCUT2D eigenvalue weighted by Gasteiger charge is 2.37. The molecule has 138 valence electrons. The molecule has 0 bridgehead atoms. The Morgan fingerprint density at radius 2 is 2.15 bits per heavy atom. The fraction of sp³-hybridized carbons (Fsp3) is 0.421. The number of likely N-dealkylation sites (tertiary alicyclic amines) is 1. The minimum atomic E-state index is -0.319. The lowest BCUT2D eigenvalue weighted by atomic mass is 9.76. The molecule has 1 aliphatic heterocycles. The van der Waals surface area contributed by atoms with Gasteiger partial charge in [0.2, 0.25) is 0 Å². The Kier molecular flexibility index (Phi) is 5.68. The van der Waals surface area contributed by atoms with Gasteiger partial charge in [0.25, 0.3) is 0 Å². The normalized spacial score (nSPS) is 19.8. The second kappa shape index (κ2) is 8.14. The van der Waals surface area contributed by atoms with E-state index in [0.29, 0.717) is 18.9 Å². The Balaban J connectivity index is 1.68. The standard InChI is InChI=1S/C19H24N4O3/c1-26-17-20-10-8-16(21-17)22-18(25)23-11-5-9-19(13-23,14-24)12-15-6-3-2-4-7-15/h2-4,6-8,10,24H,5,9,11-14H2,1H3,(H,20,21,22,25). The number of urea groups is 1. The molecule has 0 aliphatic carbocycles. The summed E-state index contributed by atoms with van der Waals surface area (Å²) >= 11 is 0. The van der Waals surface area contributed by atoms with Crippen LogP contribution in [-0.4, -0.2) is 52.8 Å². The molecule has 2 aromatic rings. The summed E-state index contributed by atoms with van der Waals surface area (Å²) in [5.41, 5.74) is 0.852. The highest BCUT2D eigenvalue weighted by atomic mass is 16.5. The lowest BCUT2D eigenvalue weighted by Gasteiger charge is -2.41. The van der Waals surface area contributed by atoms with Crippen LogP contribution in [0.15, 0.2) is 42.6 Å². The van der Waals surface area contributed by atoms with Gasteiger partial charge in [-0.25, -0.2) is 9.78 Å². The molecule has 26 heavy (non-hydrogen) atoms. The first kappa shape index (κ1) is 18.1. The lowest BCUT2D eigenvalue weighted by Crippen LogP contribution is -2.50. The minimum absolute atomic E-state index is 0.0486. The van der Waals surface area contributed by atoms with E-state index in [0.717, 1.165) is 19.3 Å². The van der Waals surface area contributed by atoms with Gasteiger partial charge in [-0.15, -0.1) is 0 Å². The van der Waals surface area contributed by atoms with Crippen molar-refractivity contribution in [2.75, 3.05) is 32.1 Å². The molecule has 1 aromatic heterocycles. The molecule has 2 N–H and O–H groups in total. The molecule has 7 nitrogen and oxygen atoms in total. The molecule has 3 rings (SSSR count). The topological polar surface area (TPSA) is 87.6 Å². The first-order valence-electron chi connectivity index (χ1n) is 8.72.